The Hall–Kier alpha value is -3.25. The van der Waals surface area contributed by atoms with Crippen LogP contribution >= 0.6 is 0 Å². The summed E-state index contributed by atoms with van der Waals surface area (Å²) >= 11 is 0. The van der Waals surface area contributed by atoms with Gasteiger partial charge in [0.1, 0.15) is 12.4 Å². The van der Waals surface area contributed by atoms with E-state index in [2.05, 4.69) is 0 Å². The molecule has 0 aliphatic heterocycles. The first-order valence-corrected chi connectivity index (χ1v) is 10.1. The van der Waals surface area contributed by atoms with Crippen molar-refractivity contribution in [2.45, 2.75) is 27.2 Å². The number of rotatable bonds is 10. The predicted octanol–water partition coefficient (Wildman–Crippen LogP) is 4.08. The summed E-state index contributed by atoms with van der Waals surface area (Å²) in [6.45, 7) is 4.71. The van der Waals surface area contributed by atoms with Crippen molar-refractivity contribution in [1.29, 1.82) is 0 Å². The van der Waals surface area contributed by atoms with Crippen molar-refractivity contribution >= 4 is 23.8 Å². The zero-order valence-electron chi connectivity index (χ0n) is 18.0. The van der Waals surface area contributed by atoms with E-state index in [9.17, 15) is 14.4 Å². The van der Waals surface area contributed by atoms with Crippen LogP contribution < -0.4 is 4.74 Å². The molecule has 2 aromatic carbocycles. The van der Waals surface area contributed by atoms with E-state index in [0.717, 1.165) is 5.56 Å². The van der Waals surface area contributed by atoms with E-state index >= 15 is 0 Å². The van der Waals surface area contributed by atoms with Crippen LogP contribution in [-0.4, -0.2) is 36.0 Å². The summed E-state index contributed by atoms with van der Waals surface area (Å²) < 4.78 is 10.3. The topological polar surface area (TPSA) is 89.9 Å². The third-order valence-corrected chi connectivity index (χ3v) is 4.68. The Bertz CT molecular complexity index is 913. The maximum atomic E-state index is 12.4. The first-order chi connectivity index (χ1) is 14.7. The smallest absolute Gasteiger partial charge is 0.314 e. The molecule has 6 nitrogen and oxygen atoms in total. The number of benzene rings is 2. The highest BCUT2D eigenvalue weighted by atomic mass is 16.5. The first kappa shape index (κ1) is 24.0. The fourth-order valence-electron chi connectivity index (χ4n) is 3.00. The Morgan fingerprint density at radius 1 is 1.03 bits per heavy atom. The molecule has 1 N–H and O–H groups in total. The summed E-state index contributed by atoms with van der Waals surface area (Å²) in [5, 5.41) is 8.77. The number of esters is 2. The Kier molecular flexibility index (Phi) is 8.70. The molecule has 0 aromatic heterocycles. The van der Waals surface area contributed by atoms with Crippen molar-refractivity contribution in [3.63, 3.8) is 0 Å². The molecule has 1 unspecified atom stereocenters. The standard InChI is InChI=1S/C25H28O6/c1-18(17-25(2,3)24(29)30-16-15-26)23(28)31-21-12-10-20(11-13-21)22(27)14-9-19-7-5-4-6-8-19/h4-14,18,26H,15-17H2,1-3H3. The summed E-state index contributed by atoms with van der Waals surface area (Å²) in [5.74, 6) is -1.34. The van der Waals surface area contributed by atoms with Crippen LogP contribution in [0.4, 0.5) is 0 Å². The number of hydrogen-bond donors (Lipinski definition) is 1. The van der Waals surface area contributed by atoms with Gasteiger partial charge in [0, 0.05) is 5.56 Å². The van der Waals surface area contributed by atoms with Crippen molar-refractivity contribution in [2.24, 2.45) is 11.3 Å². The Balaban J connectivity index is 1.92. The van der Waals surface area contributed by atoms with Crippen LogP contribution in [0.25, 0.3) is 6.08 Å². The molecule has 2 aromatic rings. The summed E-state index contributed by atoms with van der Waals surface area (Å²) in [4.78, 5) is 36.8. The minimum Gasteiger partial charge on any atom is -0.463 e. The van der Waals surface area contributed by atoms with Crippen LogP contribution in [0.1, 0.15) is 43.1 Å². The molecular formula is C25H28O6. The van der Waals surface area contributed by atoms with Crippen molar-refractivity contribution in [3.05, 3.63) is 71.8 Å². The van der Waals surface area contributed by atoms with Crippen LogP contribution in [0.5, 0.6) is 5.75 Å². The Morgan fingerprint density at radius 3 is 2.29 bits per heavy atom. The lowest BCUT2D eigenvalue weighted by Gasteiger charge is -2.25. The Labute approximate surface area is 182 Å². The van der Waals surface area contributed by atoms with Gasteiger partial charge in [0.2, 0.25) is 0 Å². The number of ketones is 1. The molecule has 0 saturated carbocycles. The quantitative estimate of drug-likeness (QED) is 0.268. The van der Waals surface area contributed by atoms with Gasteiger partial charge in [-0.1, -0.05) is 43.3 Å². The molecule has 31 heavy (non-hydrogen) atoms. The van der Waals surface area contributed by atoms with Gasteiger partial charge in [0.25, 0.3) is 0 Å². The highest BCUT2D eigenvalue weighted by Crippen LogP contribution is 2.28. The normalized spacial score (nSPS) is 12.4. The minimum absolute atomic E-state index is 0.0767. The zero-order chi connectivity index (χ0) is 22.9. The second kappa shape index (κ2) is 11.2. The van der Waals surface area contributed by atoms with Gasteiger partial charge in [-0.2, -0.15) is 0 Å². The summed E-state index contributed by atoms with van der Waals surface area (Å²) in [6.07, 6.45) is 3.47. The third-order valence-electron chi connectivity index (χ3n) is 4.68. The monoisotopic (exact) mass is 424 g/mol. The fraction of sp³-hybridized carbons (Fsp3) is 0.320. The molecule has 0 spiro atoms. The SMILES string of the molecule is CC(CC(C)(C)C(=O)OCCO)C(=O)Oc1ccc(C(=O)C=Cc2ccccc2)cc1. The molecule has 6 heteroatoms. The summed E-state index contributed by atoms with van der Waals surface area (Å²) in [5.41, 5.74) is 0.515. The number of hydrogen-bond acceptors (Lipinski definition) is 6. The van der Waals surface area contributed by atoms with E-state index in [-0.39, 0.29) is 25.4 Å². The first-order valence-electron chi connectivity index (χ1n) is 10.1. The molecule has 0 aliphatic rings. The minimum atomic E-state index is -0.894. The van der Waals surface area contributed by atoms with E-state index < -0.39 is 23.3 Å². The van der Waals surface area contributed by atoms with Gasteiger partial charge in [-0.05, 0) is 56.2 Å². The van der Waals surface area contributed by atoms with E-state index in [1.807, 2.05) is 30.3 Å². The van der Waals surface area contributed by atoms with Gasteiger partial charge in [-0.15, -0.1) is 0 Å². The molecule has 0 amide bonds. The van der Waals surface area contributed by atoms with E-state index in [1.54, 1.807) is 51.1 Å². The zero-order valence-corrected chi connectivity index (χ0v) is 18.0. The van der Waals surface area contributed by atoms with E-state index in [1.165, 1.54) is 6.08 Å². The molecule has 0 saturated heterocycles. The molecule has 0 bridgehead atoms. The van der Waals surface area contributed by atoms with Gasteiger partial charge in [-0.25, -0.2) is 0 Å². The molecule has 0 fully saturated rings. The molecule has 1 atom stereocenters. The van der Waals surface area contributed by atoms with Crippen LogP contribution in [0.15, 0.2) is 60.7 Å². The second-order valence-corrected chi connectivity index (χ2v) is 7.90. The second-order valence-electron chi connectivity index (χ2n) is 7.90. The van der Waals surface area contributed by atoms with E-state index in [4.69, 9.17) is 14.6 Å². The number of ether oxygens (including phenoxy) is 2. The Morgan fingerprint density at radius 2 is 1.68 bits per heavy atom. The van der Waals surface area contributed by atoms with Crippen molar-refractivity contribution in [1.82, 2.24) is 0 Å². The number of allylic oxidation sites excluding steroid dienone is 1. The molecular weight excluding hydrogens is 396 g/mol. The molecule has 0 aliphatic carbocycles. The summed E-state index contributed by atoms with van der Waals surface area (Å²) in [7, 11) is 0. The van der Waals surface area contributed by atoms with Gasteiger partial charge in [-0.3, -0.25) is 14.4 Å². The lowest BCUT2D eigenvalue weighted by Crippen LogP contribution is -2.32. The largest absolute Gasteiger partial charge is 0.463 e. The predicted molar refractivity (Wildman–Crippen MR) is 117 cm³/mol. The molecule has 164 valence electrons. The third kappa shape index (κ3) is 7.50. The van der Waals surface area contributed by atoms with Crippen LogP contribution in [0, 0.1) is 11.3 Å². The average molecular weight is 424 g/mol. The molecule has 0 radical (unpaired) electrons. The van der Waals surface area contributed by atoms with Crippen molar-refractivity contribution < 1.29 is 29.0 Å². The van der Waals surface area contributed by atoms with Crippen LogP contribution in [0.3, 0.4) is 0 Å². The fourth-order valence-corrected chi connectivity index (χ4v) is 3.00. The molecule has 0 heterocycles. The molecule has 2 rings (SSSR count). The van der Waals surface area contributed by atoms with Gasteiger partial charge in [0.05, 0.1) is 17.9 Å². The van der Waals surface area contributed by atoms with Gasteiger partial charge in [0.15, 0.2) is 5.78 Å². The van der Waals surface area contributed by atoms with Gasteiger partial charge < -0.3 is 14.6 Å². The van der Waals surface area contributed by atoms with Crippen molar-refractivity contribution in [2.75, 3.05) is 13.2 Å². The van der Waals surface area contributed by atoms with Gasteiger partial charge >= 0.3 is 11.9 Å². The number of aliphatic hydroxyl groups is 1. The maximum absolute atomic E-state index is 12.4. The lowest BCUT2D eigenvalue weighted by atomic mass is 9.83. The van der Waals surface area contributed by atoms with Crippen LogP contribution in [-0.2, 0) is 14.3 Å². The lowest BCUT2D eigenvalue weighted by molar-refractivity contribution is -0.156. The maximum Gasteiger partial charge on any atom is 0.314 e. The van der Waals surface area contributed by atoms with Crippen molar-refractivity contribution in [3.8, 4) is 5.75 Å². The van der Waals surface area contributed by atoms with Crippen LogP contribution in [0.2, 0.25) is 0 Å². The highest BCUT2D eigenvalue weighted by Gasteiger charge is 2.34. The van der Waals surface area contributed by atoms with E-state index in [0.29, 0.717) is 11.3 Å². The number of carbonyl (C=O) groups is 3. The summed E-state index contributed by atoms with van der Waals surface area (Å²) in [6, 6.07) is 15.8. The number of carbonyl (C=O) groups excluding carboxylic acids is 3. The number of aliphatic hydroxyl groups excluding tert-OH is 1. The average Bonchev–Trinajstić information content (AvgIpc) is 2.76. The highest BCUT2D eigenvalue weighted by molar-refractivity contribution is 6.06.